The highest BCUT2D eigenvalue weighted by Crippen LogP contribution is 2.66. The lowest BCUT2D eigenvalue weighted by Crippen LogP contribution is -2.26. The first-order valence-corrected chi connectivity index (χ1v) is 22.1. The predicted octanol–water partition coefficient (Wildman–Crippen LogP) is 16.8. The largest absolute Gasteiger partial charge is 0.0737 e. The van der Waals surface area contributed by atoms with Gasteiger partial charge < -0.3 is 0 Å². The van der Waals surface area contributed by atoms with Gasteiger partial charge in [-0.25, -0.2) is 0 Å². The first-order valence-electron chi connectivity index (χ1n) is 22.1. The molecule has 1 spiro atoms. The molecule has 0 fully saturated rings. The van der Waals surface area contributed by atoms with Crippen molar-refractivity contribution in [3.05, 3.63) is 253 Å². The first-order chi connectivity index (χ1) is 31.3. The van der Waals surface area contributed by atoms with Crippen LogP contribution in [0.1, 0.15) is 22.3 Å². The zero-order chi connectivity index (χ0) is 41.2. The maximum absolute atomic E-state index is 2.43. The molecule has 0 bridgehead atoms. The zero-order valence-corrected chi connectivity index (χ0v) is 34.4. The monoisotopic (exact) mass is 794 g/mol. The average Bonchev–Trinajstić information content (AvgIpc) is 3.84. The van der Waals surface area contributed by atoms with E-state index in [1.807, 2.05) is 0 Å². The zero-order valence-electron chi connectivity index (χ0n) is 34.4. The van der Waals surface area contributed by atoms with Crippen LogP contribution >= 0.6 is 0 Å². The van der Waals surface area contributed by atoms with Gasteiger partial charge in [0.2, 0.25) is 0 Å². The van der Waals surface area contributed by atoms with Gasteiger partial charge in [-0.2, -0.15) is 0 Å². The Morgan fingerprint density at radius 3 is 1.32 bits per heavy atom. The van der Waals surface area contributed by atoms with Crippen molar-refractivity contribution >= 4 is 53.9 Å². The summed E-state index contributed by atoms with van der Waals surface area (Å²) in [5.74, 6) is 0. The molecule has 0 N–H and O–H groups in total. The Hall–Kier alpha value is -8.06. The second kappa shape index (κ2) is 13.0. The van der Waals surface area contributed by atoms with E-state index in [1.165, 1.54) is 132 Å². The molecule has 0 heteroatoms. The van der Waals surface area contributed by atoms with E-state index in [9.17, 15) is 0 Å². The Bertz CT molecular complexity index is 3800. The minimum atomic E-state index is -0.490. The molecule has 12 aromatic carbocycles. The fourth-order valence-corrected chi connectivity index (χ4v) is 12.0. The summed E-state index contributed by atoms with van der Waals surface area (Å²) in [6.07, 6.45) is 0. The normalized spacial score (nSPS) is 13.2. The maximum Gasteiger partial charge on any atom is 0.0737 e. The van der Waals surface area contributed by atoms with E-state index in [0.717, 1.165) is 0 Å². The van der Waals surface area contributed by atoms with E-state index in [0.29, 0.717) is 0 Å². The van der Waals surface area contributed by atoms with Crippen LogP contribution in [0, 0.1) is 0 Å². The van der Waals surface area contributed by atoms with Crippen molar-refractivity contribution in [2.75, 3.05) is 0 Å². The van der Waals surface area contributed by atoms with E-state index in [1.54, 1.807) is 0 Å². The van der Waals surface area contributed by atoms with Crippen LogP contribution in [0.3, 0.4) is 0 Å². The summed E-state index contributed by atoms with van der Waals surface area (Å²) < 4.78 is 0. The van der Waals surface area contributed by atoms with Crippen molar-refractivity contribution in [1.82, 2.24) is 0 Å². The van der Waals surface area contributed by atoms with Gasteiger partial charge in [-0.15, -0.1) is 0 Å². The minimum absolute atomic E-state index is 0.490. The summed E-state index contributed by atoms with van der Waals surface area (Å²) in [6, 6.07) is 86.5. The summed E-state index contributed by atoms with van der Waals surface area (Å²) in [4.78, 5) is 0. The summed E-state index contributed by atoms with van der Waals surface area (Å²) in [7, 11) is 0. The van der Waals surface area contributed by atoms with Crippen LogP contribution in [0.5, 0.6) is 0 Å². The Morgan fingerprint density at radius 2 is 0.683 bits per heavy atom. The summed E-state index contributed by atoms with van der Waals surface area (Å²) in [5, 5.41) is 12.9. The third-order valence-corrected chi connectivity index (χ3v) is 14.4. The van der Waals surface area contributed by atoms with Gasteiger partial charge in [0.05, 0.1) is 5.41 Å². The van der Waals surface area contributed by atoms with Crippen molar-refractivity contribution in [2.45, 2.75) is 5.41 Å². The van der Waals surface area contributed by atoms with Crippen molar-refractivity contribution in [1.29, 1.82) is 0 Å². The van der Waals surface area contributed by atoms with E-state index >= 15 is 0 Å². The van der Waals surface area contributed by atoms with Gasteiger partial charge in [-0.3, -0.25) is 0 Å². The first kappa shape index (κ1) is 34.6. The predicted molar refractivity (Wildman–Crippen MR) is 267 cm³/mol. The van der Waals surface area contributed by atoms with E-state index in [2.05, 4.69) is 231 Å². The molecule has 0 saturated carbocycles. The molecule has 0 amide bonds. The number of hydrogen-bond donors (Lipinski definition) is 0. The highest BCUT2D eigenvalue weighted by Gasteiger charge is 2.53. The van der Waals surface area contributed by atoms with Gasteiger partial charge >= 0.3 is 0 Å². The molecule has 0 saturated heterocycles. The van der Waals surface area contributed by atoms with Crippen LogP contribution in [0.4, 0.5) is 0 Å². The van der Waals surface area contributed by atoms with Crippen LogP contribution < -0.4 is 0 Å². The molecule has 290 valence electrons. The van der Waals surface area contributed by atoms with Crippen LogP contribution in [0.25, 0.3) is 109 Å². The molecule has 0 aromatic heterocycles. The molecule has 0 nitrogen and oxygen atoms in total. The van der Waals surface area contributed by atoms with Crippen molar-refractivity contribution in [3.63, 3.8) is 0 Å². The fourth-order valence-electron chi connectivity index (χ4n) is 12.0. The smallest absolute Gasteiger partial charge is 0.0622 e. The van der Waals surface area contributed by atoms with Crippen LogP contribution in [-0.2, 0) is 5.41 Å². The molecule has 2 aliphatic carbocycles. The van der Waals surface area contributed by atoms with Crippen LogP contribution in [0.2, 0.25) is 0 Å². The molecule has 14 rings (SSSR count). The van der Waals surface area contributed by atoms with Gasteiger partial charge in [0.25, 0.3) is 0 Å². The molecular formula is C63H38. The standard InChI is InChI=1S/C63H38/c1-2-17-39(18-3-1)58-50-26-7-9-28-52(50)59(53-29-10-8-27-51(53)58)43-20-16-19-40(38-43)41-33-35-44-42(37-41)34-36-55-60-49-25-6-4-21-45(49)46-22-5-11-30-54(46)62(60)63(61(44)55)56-31-14-12-23-47(56)48-24-13-15-32-57(48)63/h1-38H. The van der Waals surface area contributed by atoms with Gasteiger partial charge in [0, 0.05) is 0 Å². The third kappa shape index (κ3) is 4.60. The quantitative estimate of drug-likeness (QED) is 0.123. The Kier molecular flexibility index (Phi) is 7.13. The SMILES string of the molecule is c1ccc(-c2c3ccccc3c(-c3cccc(-c4ccc5c6c(ccc5c4)-c4c(c5ccccc5c5ccccc45)C64c5ccccc5-c5ccccc54)c3)c3ccccc23)cc1. The Balaban J connectivity index is 1.02. The molecule has 63 heavy (non-hydrogen) atoms. The number of hydrogen-bond acceptors (Lipinski definition) is 0. The topological polar surface area (TPSA) is 0 Å². The van der Waals surface area contributed by atoms with Gasteiger partial charge in [-0.05, 0) is 144 Å². The molecule has 0 aliphatic heterocycles. The number of benzene rings is 12. The van der Waals surface area contributed by atoms with Gasteiger partial charge in [-0.1, -0.05) is 218 Å². The number of fused-ring (bicyclic) bond motifs is 19. The molecule has 0 atom stereocenters. The Morgan fingerprint density at radius 1 is 0.222 bits per heavy atom. The second-order valence-electron chi connectivity index (χ2n) is 17.4. The molecule has 2 aliphatic rings. The van der Waals surface area contributed by atoms with Crippen molar-refractivity contribution < 1.29 is 0 Å². The van der Waals surface area contributed by atoms with Crippen LogP contribution in [0.15, 0.2) is 231 Å². The fraction of sp³-hybridized carbons (Fsp3) is 0.0159. The minimum Gasteiger partial charge on any atom is -0.0622 e. The third-order valence-electron chi connectivity index (χ3n) is 14.4. The molecular weight excluding hydrogens is 757 g/mol. The molecule has 0 heterocycles. The number of rotatable bonds is 3. The summed E-state index contributed by atoms with van der Waals surface area (Å²) in [6.45, 7) is 0. The van der Waals surface area contributed by atoms with Gasteiger partial charge in [0.1, 0.15) is 0 Å². The Labute approximate surface area is 366 Å². The highest BCUT2D eigenvalue weighted by molar-refractivity contribution is 6.23. The van der Waals surface area contributed by atoms with Crippen molar-refractivity contribution in [3.8, 4) is 55.6 Å². The lowest BCUT2D eigenvalue weighted by Gasteiger charge is -2.32. The average molecular weight is 795 g/mol. The lowest BCUT2D eigenvalue weighted by molar-refractivity contribution is 0.809. The molecule has 0 unspecified atom stereocenters. The second-order valence-corrected chi connectivity index (χ2v) is 17.4. The van der Waals surface area contributed by atoms with Crippen molar-refractivity contribution in [2.24, 2.45) is 0 Å². The summed E-state index contributed by atoms with van der Waals surface area (Å²) >= 11 is 0. The lowest BCUT2D eigenvalue weighted by atomic mass is 9.68. The van der Waals surface area contributed by atoms with E-state index in [-0.39, 0.29) is 0 Å². The van der Waals surface area contributed by atoms with Gasteiger partial charge in [0.15, 0.2) is 0 Å². The molecule has 12 aromatic rings. The summed E-state index contributed by atoms with van der Waals surface area (Å²) in [5.41, 5.74) is 17.8. The van der Waals surface area contributed by atoms with E-state index in [4.69, 9.17) is 0 Å². The highest BCUT2D eigenvalue weighted by atomic mass is 14.5. The molecule has 0 radical (unpaired) electrons. The van der Waals surface area contributed by atoms with Crippen LogP contribution in [-0.4, -0.2) is 0 Å². The maximum atomic E-state index is 2.43. The van der Waals surface area contributed by atoms with E-state index < -0.39 is 5.41 Å².